The highest BCUT2D eigenvalue weighted by molar-refractivity contribution is 5.23. The van der Waals surface area contributed by atoms with Gasteiger partial charge in [-0.25, -0.2) is 0 Å². The summed E-state index contributed by atoms with van der Waals surface area (Å²) >= 11 is 0. The van der Waals surface area contributed by atoms with Crippen LogP contribution < -0.4 is 10.5 Å². The van der Waals surface area contributed by atoms with E-state index in [0.29, 0.717) is 13.2 Å². The highest BCUT2D eigenvalue weighted by Crippen LogP contribution is 2.09. The maximum atomic E-state index is 5.70. The number of benzene rings is 2. The number of nitrogens with two attached hydrogens (primary N) is 1. The van der Waals surface area contributed by atoms with E-state index in [9.17, 15) is 0 Å². The Kier molecular flexibility index (Phi) is 5.59. The molecular formula is C17H22N2O. The summed E-state index contributed by atoms with van der Waals surface area (Å²) in [5.74, 6) is 0.922. The van der Waals surface area contributed by atoms with Crippen LogP contribution >= 0.6 is 0 Å². The average molecular weight is 270 g/mol. The summed E-state index contributed by atoms with van der Waals surface area (Å²) in [6, 6.07) is 18.3. The van der Waals surface area contributed by atoms with Gasteiger partial charge in [0, 0.05) is 19.6 Å². The molecule has 106 valence electrons. The standard InChI is InChI=1S/C17H22N2O/c1-19(10-11-20-17-8-3-2-4-9-17)14-16-7-5-6-15(12-16)13-18/h2-9,12H,10-11,13-14,18H2,1H3. The van der Waals surface area contributed by atoms with Crippen LogP contribution in [0.25, 0.3) is 0 Å². The van der Waals surface area contributed by atoms with Crippen LogP contribution in [0.15, 0.2) is 54.6 Å². The third kappa shape index (κ3) is 4.68. The fraction of sp³-hybridized carbons (Fsp3) is 0.294. The fourth-order valence-corrected chi connectivity index (χ4v) is 2.08. The zero-order valence-electron chi connectivity index (χ0n) is 12.0. The molecule has 2 aromatic carbocycles. The lowest BCUT2D eigenvalue weighted by molar-refractivity contribution is 0.233. The Morgan fingerprint density at radius 3 is 2.50 bits per heavy atom. The first-order chi connectivity index (χ1) is 9.78. The summed E-state index contributed by atoms with van der Waals surface area (Å²) < 4.78 is 5.70. The Morgan fingerprint density at radius 2 is 1.75 bits per heavy atom. The van der Waals surface area contributed by atoms with Crippen LogP contribution in [0.2, 0.25) is 0 Å². The first kappa shape index (κ1) is 14.6. The maximum absolute atomic E-state index is 5.70. The average Bonchev–Trinajstić information content (AvgIpc) is 2.48. The van der Waals surface area contributed by atoms with Crippen LogP contribution in [0, 0.1) is 0 Å². The zero-order valence-corrected chi connectivity index (χ0v) is 12.0. The van der Waals surface area contributed by atoms with Gasteiger partial charge in [-0.05, 0) is 30.3 Å². The molecule has 2 N–H and O–H groups in total. The van der Waals surface area contributed by atoms with Crippen molar-refractivity contribution >= 4 is 0 Å². The maximum Gasteiger partial charge on any atom is 0.119 e. The number of hydrogen-bond acceptors (Lipinski definition) is 3. The SMILES string of the molecule is CN(CCOc1ccccc1)Cc1cccc(CN)c1. The van der Waals surface area contributed by atoms with Crippen LogP contribution in [-0.4, -0.2) is 25.1 Å². The molecule has 0 saturated heterocycles. The van der Waals surface area contributed by atoms with E-state index in [2.05, 4.69) is 36.2 Å². The molecule has 0 heterocycles. The van der Waals surface area contributed by atoms with E-state index in [0.717, 1.165) is 18.8 Å². The first-order valence-electron chi connectivity index (χ1n) is 6.92. The minimum absolute atomic E-state index is 0.592. The van der Waals surface area contributed by atoms with Gasteiger partial charge in [0.15, 0.2) is 0 Å². The minimum Gasteiger partial charge on any atom is -0.492 e. The Balaban J connectivity index is 1.76. The third-order valence-corrected chi connectivity index (χ3v) is 3.16. The monoisotopic (exact) mass is 270 g/mol. The number of hydrogen-bond donors (Lipinski definition) is 1. The molecule has 2 aromatic rings. The largest absolute Gasteiger partial charge is 0.492 e. The predicted octanol–water partition coefficient (Wildman–Crippen LogP) is 2.66. The van der Waals surface area contributed by atoms with E-state index >= 15 is 0 Å². The van der Waals surface area contributed by atoms with Gasteiger partial charge in [-0.1, -0.05) is 42.5 Å². The first-order valence-corrected chi connectivity index (χ1v) is 6.92. The molecule has 20 heavy (non-hydrogen) atoms. The second-order valence-corrected chi connectivity index (χ2v) is 4.92. The minimum atomic E-state index is 0.592. The normalized spacial score (nSPS) is 10.8. The van der Waals surface area contributed by atoms with Gasteiger partial charge in [-0.3, -0.25) is 4.90 Å². The van der Waals surface area contributed by atoms with Crippen molar-refractivity contribution in [2.45, 2.75) is 13.1 Å². The van der Waals surface area contributed by atoms with Crippen molar-refractivity contribution < 1.29 is 4.74 Å². The Labute approximate surface area is 121 Å². The molecular weight excluding hydrogens is 248 g/mol. The molecule has 0 aliphatic carbocycles. The van der Waals surface area contributed by atoms with Crippen molar-refractivity contribution in [1.82, 2.24) is 4.90 Å². The number of likely N-dealkylation sites (N-methyl/N-ethyl adjacent to an activating group) is 1. The fourth-order valence-electron chi connectivity index (χ4n) is 2.08. The molecule has 0 fully saturated rings. The van der Waals surface area contributed by atoms with Crippen LogP contribution in [0.4, 0.5) is 0 Å². The smallest absolute Gasteiger partial charge is 0.119 e. The van der Waals surface area contributed by atoms with Crippen LogP contribution in [0.3, 0.4) is 0 Å². The van der Waals surface area contributed by atoms with Crippen molar-refractivity contribution in [3.05, 3.63) is 65.7 Å². The van der Waals surface area contributed by atoms with Gasteiger partial charge in [0.1, 0.15) is 12.4 Å². The summed E-state index contributed by atoms with van der Waals surface area (Å²) in [4.78, 5) is 2.25. The summed E-state index contributed by atoms with van der Waals surface area (Å²) in [6.45, 7) is 3.08. The number of rotatable bonds is 7. The van der Waals surface area contributed by atoms with Crippen molar-refractivity contribution in [1.29, 1.82) is 0 Å². The topological polar surface area (TPSA) is 38.5 Å². The molecule has 0 bridgehead atoms. The van der Waals surface area contributed by atoms with Crippen molar-refractivity contribution in [2.24, 2.45) is 5.73 Å². The van der Waals surface area contributed by atoms with E-state index in [1.54, 1.807) is 0 Å². The molecule has 0 aromatic heterocycles. The number of ether oxygens (including phenoxy) is 1. The quantitative estimate of drug-likeness (QED) is 0.840. The van der Waals surface area contributed by atoms with Gasteiger partial charge in [0.05, 0.1) is 0 Å². The predicted molar refractivity (Wildman–Crippen MR) is 82.6 cm³/mol. The van der Waals surface area contributed by atoms with E-state index in [4.69, 9.17) is 10.5 Å². The second kappa shape index (κ2) is 7.68. The van der Waals surface area contributed by atoms with Gasteiger partial charge < -0.3 is 10.5 Å². The lowest BCUT2D eigenvalue weighted by Crippen LogP contribution is -2.24. The molecule has 0 aliphatic rings. The van der Waals surface area contributed by atoms with Crippen molar-refractivity contribution in [3.63, 3.8) is 0 Å². The molecule has 0 radical (unpaired) electrons. The zero-order chi connectivity index (χ0) is 14.2. The molecule has 0 spiro atoms. The Bertz CT molecular complexity index is 513. The van der Waals surface area contributed by atoms with Crippen molar-refractivity contribution in [2.75, 3.05) is 20.2 Å². The van der Waals surface area contributed by atoms with Crippen LogP contribution in [0.1, 0.15) is 11.1 Å². The van der Waals surface area contributed by atoms with E-state index in [-0.39, 0.29) is 0 Å². The third-order valence-electron chi connectivity index (χ3n) is 3.16. The summed E-state index contributed by atoms with van der Waals surface area (Å²) in [7, 11) is 2.10. The van der Waals surface area contributed by atoms with Crippen LogP contribution in [-0.2, 0) is 13.1 Å². The van der Waals surface area contributed by atoms with Gasteiger partial charge in [0.25, 0.3) is 0 Å². The molecule has 3 nitrogen and oxygen atoms in total. The highest BCUT2D eigenvalue weighted by Gasteiger charge is 2.01. The summed E-state index contributed by atoms with van der Waals surface area (Å²) in [5, 5.41) is 0. The lowest BCUT2D eigenvalue weighted by Gasteiger charge is -2.17. The molecule has 0 unspecified atom stereocenters. The Morgan fingerprint density at radius 1 is 1.00 bits per heavy atom. The van der Waals surface area contributed by atoms with Gasteiger partial charge in [-0.15, -0.1) is 0 Å². The van der Waals surface area contributed by atoms with Gasteiger partial charge in [-0.2, -0.15) is 0 Å². The Hall–Kier alpha value is -1.84. The lowest BCUT2D eigenvalue weighted by atomic mass is 10.1. The van der Waals surface area contributed by atoms with Crippen molar-refractivity contribution in [3.8, 4) is 5.75 Å². The number of nitrogens with zero attached hydrogens (tertiary/aromatic N) is 1. The summed E-state index contributed by atoms with van der Waals surface area (Å²) in [6.07, 6.45) is 0. The number of para-hydroxylation sites is 1. The molecule has 2 rings (SSSR count). The van der Waals surface area contributed by atoms with Gasteiger partial charge >= 0.3 is 0 Å². The molecule has 0 amide bonds. The highest BCUT2D eigenvalue weighted by atomic mass is 16.5. The van der Waals surface area contributed by atoms with E-state index < -0.39 is 0 Å². The molecule has 0 aliphatic heterocycles. The molecule has 0 saturated carbocycles. The van der Waals surface area contributed by atoms with E-state index in [1.807, 2.05) is 30.3 Å². The summed E-state index contributed by atoms with van der Waals surface area (Å²) in [5.41, 5.74) is 8.12. The van der Waals surface area contributed by atoms with E-state index in [1.165, 1.54) is 11.1 Å². The van der Waals surface area contributed by atoms with Gasteiger partial charge in [0.2, 0.25) is 0 Å². The molecule has 0 atom stereocenters. The van der Waals surface area contributed by atoms with Crippen LogP contribution in [0.5, 0.6) is 5.75 Å². The second-order valence-electron chi connectivity index (χ2n) is 4.92. The molecule has 3 heteroatoms.